The van der Waals surface area contributed by atoms with Gasteiger partial charge in [0.1, 0.15) is 12.4 Å². The topological polar surface area (TPSA) is 29.5 Å². The van der Waals surface area contributed by atoms with Crippen molar-refractivity contribution in [2.24, 2.45) is 5.92 Å². The van der Waals surface area contributed by atoms with Crippen molar-refractivity contribution >= 4 is 0 Å². The molecule has 0 saturated heterocycles. The van der Waals surface area contributed by atoms with Crippen LogP contribution in [0.1, 0.15) is 32.3 Å². The lowest BCUT2D eigenvalue weighted by molar-refractivity contribution is 0.251. The second-order valence-electron chi connectivity index (χ2n) is 4.16. The largest absolute Gasteiger partial charge is 0.492 e. The van der Waals surface area contributed by atoms with E-state index in [2.05, 4.69) is 25.7 Å². The fourth-order valence-corrected chi connectivity index (χ4v) is 1.64. The summed E-state index contributed by atoms with van der Waals surface area (Å²) in [4.78, 5) is 0. The highest BCUT2D eigenvalue weighted by molar-refractivity contribution is 5.45. The van der Waals surface area contributed by atoms with Crippen molar-refractivity contribution in [1.29, 1.82) is 0 Å². The number of hydrogen-bond donors (Lipinski definition) is 1. The molecule has 0 heterocycles. The summed E-state index contributed by atoms with van der Waals surface area (Å²) < 4.78 is 5.76. The maximum absolute atomic E-state index is 8.69. The minimum Gasteiger partial charge on any atom is -0.492 e. The summed E-state index contributed by atoms with van der Waals surface area (Å²) in [6.45, 7) is 4.95. The Bertz CT molecular complexity index is 387. The van der Waals surface area contributed by atoms with Crippen LogP contribution >= 0.6 is 0 Å². The fraction of sp³-hybridized carbons (Fsp3) is 0.467. The van der Waals surface area contributed by atoms with Crippen LogP contribution in [0.3, 0.4) is 0 Å². The summed E-state index contributed by atoms with van der Waals surface area (Å²) in [5.41, 5.74) is 0.838. The van der Waals surface area contributed by atoms with Gasteiger partial charge in [-0.05, 0) is 24.5 Å². The van der Waals surface area contributed by atoms with Crippen LogP contribution in [0.25, 0.3) is 0 Å². The van der Waals surface area contributed by atoms with Gasteiger partial charge >= 0.3 is 0 Å². The first-order valence-corrected chi connectivity index (χ1v) is 6.09. The molecule has 2 nitrogen and oxygen atoms in total. The number of rotatable bonds is 5. The van der Waals surface area contributed by atoms with Crippen molar-refractivity contribution in [3.8, 4) is 17.6 Å². The summed E-state index contributed by atoms with van der Waals surface area (Å²) in [7, 11) is 0. The predicted molar refractivity (Wildman–Crippen MR) is 70.0 cm³/mol. The van der Waals surface area contributed by atoms with Gasteiger partial charge < -0.3 is 9.84 Å². The number of benzene rings is 1. The van der Waals surface area contributed by atoms with Crippen molar-refractivity contribution in [2.75, 3.05) is 13.2 Å². The van der Waals surface area contributed by atoms with Gasteiger partial charge in [-0.25, -0.2) is 0 Å². The molecule has 2 heteroatoms. The molecule has 0 aromatic heterocycles. The van der Waals surface area contributed by atoms with Crippen LogP contribution in [0.15, 0.2) is 24.3 Å². The van der Waals surface area contributed by atoms with E-state index in [1.807, 2.05) is 24.3 Å². The number of aliphatic hydroxyl groups is 1. The Kier molecular flexibility index (Phi) is 6.21. The van der Waals surface area contributed by atoms with E-state index in [1.165, 1.54) is 12.8 Å². The van der Waals surface area contributed by atoms with Crippen molar-refractivity contribution < 1.29 is 9.84 Å². The lowest BCUT2D eigenvalue weighted by atomic mass is 10.1. The van der Waals surface area contributed by atoms with Gasteiger partial charge in [-0.1, -0.05) is 44.2 Å². The standard InChI is InChI=1S/C15H20O2/c1-3-7-13(2)12-17-15-10-5-4-8-14(15)9-6-11-16/h4-5,8,10,13,16H,3,7,11-12H2,1-2H3. The smallest absolute Gasteiger partial charge is 0.134 e. The average molecular weight is 232 g/mol. The molecule has 1 aromatic rings. The molecule has 0 bridgehead atoms. The second kappa shape index (κ2) is 7.76. The zero-order valence-corrected chi connectivity index (χ0v) is 10.6. The SMILES string of the molecule is CCCC(C)COc1ccccc1C#CCO. The van der Waals surface area contributed by atoms with Crippen molar-refractivity contribution in [3.63, 3.8) is 0 Å². The third kappa shape index (κ3) is 4.93. The molecule has 0 spiro atoms. The van der Waals surface area contributed by atoms with Crippen LogP contribution < -0.4 is 4.74 Å². The van der Waals surface area contributed by atoms with E-state index in [4.69, 9.17) is 9.84 Å². The van der Waals surface area contributed by atoms with Crippen LogP contribution in [0, 0.1) is 17.8 Å². The van der Waals surface area contributed by atoms with Crippen molar-refractivity contribution in [2.45, 2.75) is 26.7 Å². The summed E-state index contributed by atoms with van der Waals surface area (Å²) in [6.07, 6.45) is 2.35. The highest BCUT2D eigenvalue weighted by Gasteiger charge is 2.04. The molecule has 92 valence electrons. The summed E-state index contributed by atoms with van der Waals surface area (Å²) in [6, 6.07) is 7.68. The van der Waals surface area contributed by atoms with E-state index in [-0.39, 0.29) is 6.61 Å². The molecule has 0 fully saturated rings. The highest BCUT2D eigenvalue weighted by Crippen LogP contribution is 2.18. The Balaban J connectivity index is 2.63. The molecule has 0 aliphatic heterocycles. The normalized spacial score (nSPS) is 11.5. The molecule has 17 heavy (non-hydrogen) atoms. The van der Waals surface area contributed by atoms with Gasteiger partial charge in [0.25, 0.3) is 0 Å². The molecular formula is C15H20O2. The molecular weight excluding hydrogens is 212 g/mol. The van der Waals surface area contributed by atoms with E-state index in [0.29, 0.717) is 12.5 Å². The number of hydrogen-bond acceptors (Lipinski definition) is 2. The van der Waals surface area contributed by atoms with Gasteiger partial charge in [0.2, 0.25) is 0 Å². The van der Waals surface area contributed by atoms with Gasteiger partial charge in [0, 0.05) is 0 Å². The maximum Gasteiger partial charge on any atom is 0.134 e. The maximum atomic E-state index is 8.69. The predicted octanol–water partition coefficient (Wildman–Crippen LogP) is 2.85. The van der Waals surface area contributed by atoms with Gasteiger partial charge in [-0.2, -0.15) is 0 Å². The Morgan fingerprint density at radius 2 is 2.12 bits per heavy atom. The van der Waals surface area contributed by atoms with E-state index in [0.717, 1.165) is 11.3 Å². The van der Waals surface area contributed by atoms with Crippen molar-refractivity contribution in [1.82, 2.24) is 0 Å². The minimum absolute atomic E-state index is 0.124. The van der Waals surface area contributed by atoms with Crippen LogP contribution in [0.2, 0.25) is 0 Å². The Morgan fingerprint density at radius 3 is 2.82 bits per heavy atom. The summed E-state index contributed by atoms with van der Waals surface area (Å²) in [5, 5.41) is 8.69. The molecule has 0 aliphatic carbocycles. The monoisotopic (exact) mass is 232 g/mol. The third-order valence-corrected chi connectivity index (χ3v) is 2.49. The van der Waals surface area contributed by atoms with Crippen LogP contribution in [0.4, 0.5) is 0 Å². The van der Waals surface area contributed by atoms with E-state index in [1.54, 1.807) is 0 Å². The Hall–Kier alpha value is -1.46. The molecule has 1 atom stereocenters. The molecule has 1 aromatic carbocycles. The lowest BCUT2D eigenvalue weighted by Crippen LogP contribution is -2.08. The van der Waals surface area contributed by atoms with E-state index < -0.39 is 0 Å². The first kappa shape index (κ1) is 13.6. The molecule has 0 saturated carbocycles. The zero-order chi connectivity index (χ0) is 12.5. The number of ether oxygens (including phenoxy) is 1. The van der Waals surface area contributed by atoms with Crippen molar-refractivity contribution in [3.05, 3.63) is 29.8 Å². The second-order valence-corrected chi connectivity index (χ2v) is 4.16. The first-order chi connectivity index (χ1) is 8.27. The molecule has 0 amide bonds. The molecule has 1 rings (SSSR count). The van der Waals surface area contributed by atoms with Gasteiger partial charge in [0.05, 0.1) is 12.2 Å². The van der Waals surface area contributed by atoms with Gasteiger partial charge in [-0.15, -0.1) is 0 Å². The highest BCUT2D eigenvalue weighted by atomic mass is 16.5. The molecule has 0 aliphatic rings. The van der Waals surface area contributed by atoms with E-state index >= 15 is 0 Å². The molecule has 0 radical (unpaired) electrons. The number of para-hydroxylation sites is 1. The molecule has 1 N–H and O–H groups in total. The van der Waals surface area contributed by atoms with E-state index in [9.17, 15) is 0 Å². The Morgan fingerprint density at radius 1 is 1.35 bits per heavy atom. The zero-order valence-electron chi connectivity index (χ0n) is 10.6. The minimum atomic E-state index is -0.124. The summed E-state index contributed by atoms with van der Waals surface area (Å²) in [5.74, 6) is 6.89. The Labute approximate surface area is 104 Å². The fourth-order valence-electron chi connectivity index (χ4n) is 1.64. The quantitative estimate of drug-likeness (QED) is 0.791. The van der Waals surface area contributed by atoms with Gasteiger partial charge in [-0.3, -0.25) is 0 Å². The first-order valence-electron chi connectivity index (χ1n) is 6.09. The average Bonchev–Trinajstić information content (AvgIpc) is 2.35. The van der Waals surface area contributed by atoms with Crippen LogP contribution in [0.5, 0.6) is 5.75 Å². The molecule has 1 unspecified atom stereocenters. The lowest BCUT2D eigenvalue weighted by Gasteiger charge is -2.13. The van der Waals surface area contributed by atoms with Crippen LogP contribution in [-0.2, 0) is 0 Å². The van der Waals surface area contributed by atoms with Gasteiger partial charge in [0.15, 0.2) is 0 Å². The third-order valence-electron chi connectivity index (χ3n) is 2.49. The number of aliphatic hydroxyl groups excluding tert-OH is 1. The van der Waals surface area contributed by atoms with Crippen LogP contribution in [-0.4, -0.2) is 18.3 Å². The summed E-state index contributed by atoms with van der Waals surface area (Å²) >= 11 is 0.